The predicted octanol–water partition coefficient (Wildman–Crippen LogP) is 2.81. The van der Waals surface area contributed by atoms with Crippen LogP contribution in [-0.2, 0) is 4.79 Å². The molecule has 148 valence electrons. The molecule has 28 heavy (non-hydrogen) atoms. The molecule has 0 aliphatic heterocycles. The van der Waals surface area contributed by atoms with Gasteiger partial charge in [-0.05, 0) is 69.3 Å². The van der Waals surface area contributed by atoms with Gasteiger partial charge in [-0.3, -0.25) is 9.69 Å². The summed E-state index contributed by atoms with van der Waals surface area (Å²) in [5, 5.41) is 2.89. The van der Waals surface area contributed by atoms with Crippen molar-refractivity contribution in [3.8, 4) is 5.75 Å². The molecule has 1 amide bonds. The van der Waals surface area contributed by atoms with Gasteiger partial charge in [0.05, 0.1) is 17.1 Å². The molecule has 0 aliphatic rings. The van der Waals surface area contributed by atoms with Gasteiger partial charge in [-0.1, -0.05) is 6.07 Å². The Morgan fingerprint density at radius 1 is 1.11 bits per heavy atom. The fourth-order valence-corrected chi connectivity index (χ4v) is 3.07. The van der Waals surface area contributed by atoms with Crippen LogP contribution in [0.2, 0.25) is 0 Å². The van der Waals surface area contributed by atoms with E-state index in [1.165, 1.54) is 0 Å². The number of benzene rings is 2. The summed E-state index contributed by atoms with van der Waals surface area (Å²) in [4.78, 5) is 31.2. The van der Waals surface area contributed by atoms with Gasteiger partial charge in [-0.25, -0.2) is 4.79 Å². The van der Waals surface area contributed by atoms with Crippen LogP contribution < -0.4 is 15.7 Å². The fraction of sp³-hybridized carbons (Fsp3) is 0.333. The van der Waals surface area contributed by atoms with Crippen LogP contribution in [0.4, 0.5) is 5.69 Å². The first-order valence-corrected chi connectivity index (χ1v) is 9.26. The Kier molecular flexibility index (Phi) is 5.84. The highest BCUT2D eigenvalue weighted by atomic mass is 16.5. The number of H-pyrrole nitrogens is 2. The van der Waals surface area contributed by atoms with Crippen LogP contribution >= 0.6 is 0 Å². The monoisotopic (exact) mass is 382 g/mol. The number of rotatable bonds is 7. The third kappa shape index (κ3) is 4.80. The molecule has 3 N–H and O–H groups in total. The van der Waals surface area contributed by atoms with Gasteiger partial charge in [0.1, 0.15) is 12.4 Å². The zero-order chi connectivity index (χ0) is 20.3. The number of aryl methyl sites for hydroxylation is 2. The molecular weight excluding hydrogens is 356 g/mol. The van der Waals surface area contributed by atoms with Crippen LogP contribution in [0.5, 0.6) is 5.75 Å². The minimum absolute atomic E-state index is 0.119. The average molecular weight is 382 g/mol. The van der Waals surface area contributed by atoms with E-state index in [-0.39, 0.29) is 17.6 Å². The summed E-state index contributed by atoms with van der Waals surface area (Å²) in [6.07, 6.45) is 0. The second-order valence-corrected chi connectivity index (χ2v) is 7.16. The SMILES string of the molecule is Cc1cc(C)cc(OCCN(C)C(C)C(=O)Nc2ccc3[nH]c(=O)[nH]c3c2)c1. The Morgan fingerprint density at radius 3 is 2.50 bits per heavy atom. The van der Waals surface area contributed by atoms with Gasteiger partial charge < -0.3 is 20.0 Å². The summed E-state index contributed by atoms with van der Waals surface area (Å²) in [6.45, 7) is 7.04. The number of likely N-dealkylation sites (N-methyl/N-ethyl adjacent to an activating group) is 1. The Labute approximate surface area is 163 Å². The third-order valence-corrected chi connectivity index (χ3v) is 4.73. The average Bonchev–Trinajstić information content (AvgIpc) is 2.99. The van der Waals surface area contributed by atoms with Crippen LogP contribution in [0, 0.1) is 13.8 Å². The molecule has 0 spiro atoms. The van der Waals surface area contributed by atoms with E-state index >= 15 is 0 Å². The number of nitrogens with zero attached hydrogens (tertiary/aromatic N) is 1. The van der Waals surface area contributed by atoms with Gasteiger partial charge in [0.15, 0.2) is 0 Å². The number of nitrogens with one attached hydrogen (secondary N) is 3. The number of aromatic amines is 2. The number of ether oxygens (including phenoxy) is 1. The Morgan fingerprint density at radius 2 is 1.79 bits per heavy atom. The molecule has 0 saturated carbocycles. The van der Waals surface area contributed by atoms with Gasteiger partial charge in [-0.2, -0.15) is 0 Å². The predicted molar refractivity (Wildman–Crippen MR) is 111 cm³/mol. The number of hydrogen-bond donors (Lipinski definition) is 3. The molecule has 7 heteroatoms. The van der Waals surface area contributed by atoms with Crippen molar-refractivity contribution in [1.29, 1.82) is 0 Å². The van der Waals surface area contributed by atoms with Gasteiger partial charge >= 0.3 is 5.69 Å². The normalized spacial score (nSPS) is 12.3. The molecule has 3 rings (SSSR count). The van der Waals surface area contributed by atoms with Crippen molar-refractivity contribution < 1.29 is 9.53 Å². The first-order valence-electron chi connectivity index (χ1n) is 9.26. The summed E-state index contributed by atoms with van der Waals surface area (Å²) < 4.78 is 5.83. The van der Waals surface area contributed by atoms with Crippen molar-refractivity contribution in [2.45, 2.75) is 26.8 Å². The molecule has 0 aliphatic carbocycles. The van der Waals surface area contributed by atoms with E-state index in [2.05, 4.69) is 21.4 Å². The molecule has 1 heterocycles. The standard InChI is InChI=1S/C21H26N4O3/c1-13-9-14(2)11-17(10-13)28-8-7-25(4)15(3)20(26)22-16-5-6-18-19(12-16)24-21(27)23-18/h5-6,9-12,15H,7-8H2,1-4H3,(H,22,26)(H2,23,24,27). The van der Waals surface area contributed by atoms with E-state index in [0.29, 0.717) is 29.9 Å². The molecule has 0 radical (unpaired) electrons. The second kappa shape index (κ2) is 8.31. The van der Waals surface area contributed by atoms with E-state index in [4.69, 9.17) is 4.74 Å². The summed E-state index contributed by atoms with van der Waals surface area (Å²) in [5.74, 6) is 0.725. The maximum Gasteiger partial charge on any atom is 0.323 e. The second-order valence-electron chi connectivity index (χ2n) is 7.16. The summed E-state index contributed by atoms with van der Waals surface area (Å²) >= 11 is 0. The Balaban J connectivity index is 1.53. The molecule has 7 nitrogen and oxygen atoms in total. The molecule has 1 unspecified atom stereocenters. The number of aromatic nitrogens is 2. The number of carbonyl (C=O) groups is 1. The van der Waals surface area contributed by atoms with E-state index in [9.17, 15) is 9.59 Å². The Bertz CT molecular complexity index is 1020. The summed E-state index contributed by atoms with van der Waals surface area (Å²) in [6, 6.07) is 11.0. The largest absolute Gasteiger partial charge is 0.492 e. The number of imidazole rings is 1. The lowest BCUT2D eigenvalue weighted by Gasteiger charge is -2.24. The van der Waals surface area contributed by atoms with E-state index in [1.807, 2.05) is 44.9 Å². The van der Waals surface area contributed by atoms with Crippen molar-refractivity contribution >= 4 is 22.6 Å². The number of amides is 1. The van der Waals surface area contributed by atoms with Gasteiger partial charge in [0, 0.05) is 12.2 Å². The highest BCUT2D eigenvalue weighted by molar-refractivity contribution is 5.96. The number of fused-ring (bicyclic) bond motifs is 1. The van der Waals surface area contributed by atoms with E-state index in [0.717, 1.165) is 16.9 Å². The number of carbonyl (C=O) groups excluding carboxylic acids is 1. The van der Waals surface area contributed by atoms with E-state index < -0.39 is 0 Å². The molecular formula is C21H26N4O3. The summed E-state index contributed by atoms with van der Waals surface area (Å²) in [7, 11) is 1.89. The fourth-order valence-electron chi connectivity index (χ4n) is 3.07. The molecule has 3 aromatic rings. The van der Waals surface area contributed by atoms with Crippen molar-refractivity contribution in [1.82, 2.24) is 14.9 Å². The van der Waals surface area contributed by atoms with Crippen molar-refractivity contribution in [3.05, 3.63) is 58.0 Å². The quantitative estimate of drug-likeness (QED) is 0.586. The van der Waals surface area contributed by atoms with E-state index in [1.54, 1.807) is 18.2 Å². The van der Waals surface area contributed by atoms with Crippen LogP contribution in [-0.4, -0.2) is 47.0 Å². The van der Waals surface area contributed by atoms with Crippen LogP contribution in [0.3, 0.4) is 0 Å². The zero-order valence-corrected chi connectivity index (χ0v) is 16.6. The molecule has 0 saturated heterocycles. The van der Waals surface area contributed by atoms with Crippen molar-refractivity contribution in [2.24, 2.45) is 0 Å². The minimum atomic E-state index is -0.330. The minimum Gasteiger partial charge on any atom is -0.492 e. The lowest BCUT2D eigenvalue weighted by molar-refractivity contribution is -0.120. The van der Waals surface area contributed by atoms with Crippen LogP contribution in [0.25, 0.3) is 11.0 Å². The lowest BCUT2D eigenvalue weighted by atomic mass is 10.1. The first kappa shape index (κ1) is 19.7. The highest BCUT2D eigenvalue weighted by Gasteiger charge is 2.18. The smallest absolute Gasteiger partial charge is 0.323 e. The van der Waals surface area contributed by atoms with Gasteiger partial charge in [0.25, 0.3) is 0 Å². The molecule has 1 aromatic heterocycles. The van der Waals surface area contributed by atoms with Gasteiger partial charge in [-0.15, -0.1) is 0 Å². The molecule has 1 atom stereocenters. The highest BCUT2D eigenvalue weighted by Crippen LogP contribution is 2.17. The molecule has 2 aromatic carbocycles. The maximum atomic E-state index is 12.5. The lowest BCUT2D eigenvalue weighted by Crippen LogP contribution is -2.41. The van der Waals surface area contributed by atoms with Crippen LogP contribution in [0.15, 0.2) is 41.2 Å². The van der Waals surface area contributed by atoms with Crippen molar-refractivity contribution in [3.63, 3.8) is 0 Å². The van der Waals surface area contributed by atoms with Gasteiger partial charge in [0.2, 0.25) is 5.91 Å². The first-order chi connectivity index (χ1) is 13.3. The topological polar surface area (TPSA) is 90.2 Å². The maximum absolute atomic E-state index is 12.5. The third-order valence-electron chi connectivity index (χ3n) is 4.73. The molecule has 0 bridgehead atoms. The Hall–Kier alpha value is -3.06. The zero-order valence-electron chi connectivity index (χ0n) is 16.6. The number of hydrogen-bond acceptors (Lipinski definition) is 4. The number of anilines is 1. The molecule has 0 fully saturated rings. The van der Waals surface area contributed by atoms with Crippen molar-refractivity contribution in [2.75, 3.05) is 25.5 Å². The van der Waals surface area contributed by atoms with Crippen LogP contribution in [0.1, 0.15) is 18.1 Å². The summed E-state index contributed by atoms with van der Waals surface area (Å²) in [5.41, 5.74) is 4.06.